The fraction of sp³-hybridized carbons (Fsp3) is 0.143. The van der Waals surface area contributed by atoms with Crippen molar-refractivity contribution in [2.24, 2.45) is 0 Å². The lowest BCUT2D eigenvalue weighted by atomic mass is 10.2. The van der Waals surface area contributed by atoms with E-state index in [2.05, 4.69) is 20.4 Å². The number of aromatic amines is 1. The fourth-order valence-electron chi connectivity index (χ4n) is 3.14. The van der Waals surface area contributed by atoms with Crippen molar-refractivity contribution in [3.05, 3.63) is 85.5 Å². The van der Waals surface area contributed by atoms with Gasteiger partial charge in [-0.2, -0.15) is 9.78 Å². The first kappa shape index (κ1) is 22.0. The molecule has 4 aromatic rings. The number of furan rings is 1. The quantitative estimate of drug-likeness (QED) is 0.307. The molecule has 12 heteroatoms. The van der Waals surface area contributed by atoms with Crippen molar-refractivity contribution in [3.8, 4) is 17.4 Å². The van der Waals surface area contributed by atoms with Gasteiger partial charge in [-0.1, -0.05) is 24.9 Å². The van der Waals surface area contributed by atoms with Gasteiger partial charge in [0.1, 0.15) is 11.5 Å². The van der Waals surface area contributed by atoms with E-state index >= 15 is 0 Å². The number of hydrogen-bond acceptors (Lipinski definition) is 7. The maximum atomic E-state index is 13.0. The molecule has 0 aliphatic heterocycles. The number of carbonyl (C=O) groups excluding carboxylic acids is 1. The number of halogens is 1. The molecule has 0 bridgehead atoms. The van der Waals surface area contributed by atoms with Crippen molar-refractivity contribution in [2.45, 2.75) is 19.8 Å². The molecule has 3 heterocycles. The zero-order valence-corrected chi connectivity index (χ0v) is 18.0. The molecule has 0 radical (unpaired) electrons. The minimum absolute atomic E-state index is 0.0342. The topological polar surface area (TPSA) is 149 Å². The number of hydrogen-bond donors (Lipinski definition) is 2. The Hall–Kier alpha value is -4.25. The monoisotopic (exact) mass is 468 g/mol. The number of benzene rings is 1. The van der Waals surface area contributed by atoms with Gasteiger partial charge in [0.15, 0.2) is 5.76 Å². The van der Waals surface area contributed by atoms with Crippen LogP contribution >= 0.6 is 11.6 Å². The molecule has 0 saturated heterocycles. The van der Waals surface area contributed by atoms with Crippen LogP contribution in [0.3, 0.4) is 0 Å². The third kappa shape index (κ3) is 4.67. The molecule has 33 heavy (non-hydrogen) atoms. The van der Waals surface area contributed by atoms with Gasteiger partial charge in [-0.05, 0) is 24.6 Å². The van der Waals surface area contributed by atoms with Crippen LogP contribution in [0.1, 0.15) is 29.4 Å². The standard InChI is InChI=1S/C21H17ClN6O5/c1-2-4-12-9-19(29)25-21(23-12)27-18(11-16(26-27)17-5-3-8-33-17)24-20(30)14-10-13(28(31)32)6-7-15(14)22/h3,5-11H,2,4H2,1H3,(H,24,30)(H,23,25,29). The highest BCUT2D eigenvalue weighted by atomic mass is 35.5. The van der Waals surface area contributed by atoms with Crippen LogP contribution in [0.5, 0.6) is 0 Å². The largest absolute Gasteiger partial charge is 0.463 e. The zero-order chi connectivity index (χ0) is 23.5. The van der Waals surface area contributed by atoms with Crippen LogP contribution in [-0.4, -0.2) is 30.6 Å². The Morgan fingerprint density at radius 2 is 2.12 bits per heavy atom. The number of non-ortho nitro benzene ring substituents is 1. The first-order valence-corrected chi connectivity index (χ1v) is 10.2. The predicted molar refractivity (Wildman–Crippen MR) is 120 cm³/mol. The lowest BCUT2D eigenvalue weighted by molar-refractivity contribution is -0.384. The second kappa shape index (κ2) is 9.09. The Labute approximate surface area is 191 Å². The van der Waals surface area contributed by atoms with Gasteiger partial charge < -0.3 is 9.73 Å². The van der Waals surface area contributed by atoms with Gasteiger partial charge in [0.2, 0.25) is 5.95 Å². The van der Waals surface area contributed by atoms with E-state index in [0.717, 1.165) is 12.5 Å². The summed E-state index contributed by atoms with van der Waals surface area (Å²) in [5.41, 5.74) is 0.165. The number of rotatable bonds is 7. The summed E-state index contributed by atoms with van der Waals surface area (Å²) in [6.07, 6.45) is 2.83. The average Bonchev–Trinajstić information content (AvgIpc) is 3.43. The highest BCUT2D eigenvalue weighted by Gasteiger charge is 2.21. The molecule has 1 amide bonds. The average molecular weight is 469 g/mol. The summed E-state index contributed by atoms with van der Waals surface area (Å²) in [5, 5.41) is 18.2. The van der Waals surface area contributed by atoms with E-state index in [1.165, 1.54) is 35.2 Å². The summed E-state index contributed by atoms with van der Waals surface area (Å²) in [7, 11) is 0. The lowest BCUT2D eigenvalue weighted by Gasteiger charge is -2.09. The molecular formula is C21H17ClN6O5. The number of nitrogens with zero attached hydrogens (tertiary/aromatic N) is 4. The maximum Gasteiger partial charge on any atom is 0.270 e. The van der Waals surface area contributed by atoms with E-state index in [1.807, 2.05) is 6.92 Å². The van der Waals surface area contributed by atoms with Gasteiger partial charge in [0.05, 0.1) is 21.8 Å². The molecule has 0 spiro atoms. The summed E-state index contributed by atoms with van der Waals surface area (Å²) >= 11 is 6.10. The minimum atomic E-state index is -0.706. The summed E-state index contributed by atoms with van der Waals surface area (Å²) in [6, 6.07) is 9.82. The molecule has 1 aromatic carbocycles. The van der Waals surface area contributed by atoms with E-state index in [-0.39, 0.29) is 33.6 Å². The molecule has 0 atom stereocenters. The normalized spacial score (nSPS) is 10.8. The van der Waals surface area contributed by atoms with E-state index in [9.17, 15) is 19.7 Å². The molecule has 0 saturated carbocycles. The zero-order valence-electron chi connectivity index (χ0n) is 17.2. The molecule has 2 N–H and O–H groups in total. The predicted octanol–water partition coefficient (Wildman–Crippen LogP) is 3.98. The van der Waals surface area contributed by atoms with Crippen molar-refractivity contribution < 1.29 is 14.1 Å². The van der Waals surface area contributed by atoms with Crippen molar-refractivity contribution in [1.29, 1.82) is 0 Å². The highest BCUT2D eigenvalue weighted by molar-refractivity contribution is 6.34. The number of aromatic nitrogens is 4. The number of nitrogens with one attached hydrogen (secondary N) is 2. The highest BCUT2D eigenvalue weighted by Crippen LogP contribution is 2.27. The fourth-order valence-corrected chi connectivity index (χ4v) is 3.34. The molecule has 168 valence electrons. The third-order valence-corrected chi connectivity index (χ3v) is 4.95. The molecule has 0 aliphatic rings. The number of H-pyrrole nitrogens is 1. The number of aryl methyl sites for hydroxylation is 1. The van der Waals surface area contributed by atoms with Gasteiger partial charge in [-0.3, -0.25) is 24.7 Å². The summed E-state index contributed by atoms with van der Waals surface area (Å²) in [4.78, 5) is 42.6. The number of amides is 1. The molecular weight excluding hydrogens is 452 g/mol. The van der Waals surface area contributed by atoms with E-state index in [1.54, 1.807) is 12.1 Å². The number of nitro groups is 1. The molecule has 3 aromatic heterocycles. The summed E-state index contributed by atoms with van der Waals surface area (Å²) in [6.45, 7) is 1.96. The third-order valence-electron chi connectivity index (χ3n) is 4.62. The van der Waals surface area contributed by atoms with E-state index < -0.39 is 10.8 Å². The van der Waals surface area contributed by atoms with Gasteiger partial charge in [-0.25, -0.2) is 4.98 Å². The molecule has 4 rings (SSSR count). The van der Waals surface area contributed by atoms with E-state index in [4.69, 9.17) is 16.0 Å². The van der Waals surface area contributed by atoms with Crippen molar-refractivity contribution in [2.75, 3.05) is 5.32 Å². The lowest BCUT2D eigenvalue weighted by Crippen LogP contribution is -2.19. The van der Waals surface area contributed by atoms with Crippen molar-refractivity contribution in [1.82, 2.24) is 19.7 Å². The SMILES string of the molecule is CCCc1cc(=O)[nH]c(-n2nc(-c3ccco3)cc2NC(=O)c2cc([N+](=O)[O-])ccc2Cl)n1. The molecule has 0 aliphatic carbocycles. The van der Waals surface area contributed by atoms with Crippen molar-refractivity contribution in [3.63, 3.8) is 0 Å². The number of carbonyl (C=O) groups is 1. The molecule has 11 nitrogen and oxygen atoms in total. The first-order chi connectivity index (χ1) is 15.9. The summed E-state index contributed by atoms with van der Waals surface area (Å²) < 4.78 is 6.64. The van der Waals surface area contributed by atoms with Crippen LogP contribution in [0.4, 0.5) is 11.5 Å². The van der Waals surface area contributed by atoms with Crippen LogP contribution in [0.25, 0.3) is 17.4 Å². The smallest absolute Gasteiger partial charge is 0.270 e. The Bertz CT molecular complexity index is 1390. The molecule has 0 fully saturated rings. The van der Waals surface area contributed by atoms with Gasteiger partial charge >= 0.3 is 0 Å². The van der Waals surface area contributed by atoms with Crippen LogP contribution in [-0.2, 0) is 6.42 Å². The Morgan fingerprint density at radius 1 is 1.30 bits per heavy atom. The number of anilines is 1. The molecule has 0 unspecified atom stereocenters. The Kier molecular flexibility index (Phi) is 6.05. The van der Waals surface area contributed by atoms with Gasteiger partial charge in [0, 0.05) is 30.0 Å². The van der Waals surface area contributed by atoms with Crippen LogP contribution in [0, 0.1) is 10.1 Å². The number of nitro benzene ring substituents is 1. The van der Waals surface area contributed by atoms with Crippen molar-refractivity contribution >= 4 is 29.0 Å². The maximum absolute atomic E-state index is 13.0. The summed E-state index contributed by atoms with van der Waals surface area (Å²) in [5.74, 6) is -0.0532. The Morgan fingerprint density at radius 3 is 2.82 bits per heavy atom. The second-order valence-corrected chi connectivity index (χ2v) is 7.40. The van der Waals surface area contributed by atoms with E-state index in [0.29, 0.717) is 23.6 Å². The van der Waals surface area contributed by atoms with Gasteiger partial charge in [0.25, 0.3) is 17.2 Å². The van der Waals surface area contributed by atoms with Gasteiger partial charge in [-0.15, -0.1) is 0 Å². The Balaban J connectivity index is 1.78. The second-order valence-electron chi connectivity index (χ2n) is 6.99. The van der Waals surface area contributed by atoms with Crippen LogP contribution in [0.15, 0.2) is 57.9 Å². The van der Waals surface area contributed by atoms with Crippen LogP contribution < -0.4 is 10.9 Å². The van der Waals surface area contributed by atoms with Crippen LogP contribution in [0.2, 0.25) is 5.02 Å². The minimum Gasteiger partial charge on any atom is -0.463 e. The first-order valence-electron chi connectivity index (χ1n) is 9.85.